The molecule has 0 aliphatic carbocycles. The number of hydrogen-bond donors (Lipinski definition) is 3. The molecule has 0 spiro atoms. The van der Waals surface area contributed by atoms with Crippen LogP contribution in [0.2, 0.25) is 0 Å². The Morgan fingerprint density at radius 3 is 2.37 bits per heavy atom. The van der Waals surface area contributed by atoms with Crippen LogP contribution in [-0.4, -0.2) is 49.8 Å². The van der Waals surface area contributed by atoms with E-state index in [1.165, 1.54) is 6.92 Å². The maximum atomic E-state index is 12.1. The maximum Gasteiger partial charge on any atom is 0.408 e. The van der Waals surface area contributed by atoms with Crippen molar-refractivity contribution in [2.75, 3.05) is 6.26 Å². The molecule has 1 rings (SSSR count). The molecule has 0 bridgehead atoms. The topological polar surface area (TPSA) is 139 Å². The lowest BCUT2D eigenvalue weighted by atomic mass is 10.2. The number of carboxylic acid groups (broad SMARTS) is 1. The normalized spacial score (nSPS) is 13.6. The zero-order valence-electron chi connectivity index (χ0n) is 14.9. The average Bonchev–Trinajstić information content (AvgIpc) is 2.57. The van der Waals surface area contributed by atoms with E-state index >= 15 is 0 Å². The first-order valence-electron chi connectivity index (χ1n) is 7.94. The van der Waals surface area contributed by atoms with Gasteiger partial charge in [0.25, 0.3) is 0 Å². The van der Waals surface area contributed by atoms with E-state index in [9.17, 15) is 22.8 Å². The number of alkyl carbamates (subject to hydrolysis) is 1. The molecule has 3 N–H and O–H groups in total. The van der Waals surface area contributed by atoms with Gasteiger partial charge in [0.15, 0.2) is 9.84 Å². The van der Waals surface area contributed by atoms with Gasteiger partial charge >= 0.3 is 12.1 Å². The van der Waals surface area contributed by atoms with Crippen molar-refractivity contribution in [2.45, 2.75) is 32.0 Å². The monoisotopic (exact) mass is 398 g/mol. The molecule has 0 aliphatic rings. The van der Waals surface area contributed by atoms with Gasteiger partial charge in [-0.3, -0.25) is 9.59 Å². The van der Waals surface area contributed by atoms with E-state index in [0.29, 0.717) is 0 Å². The van der Waals surface area contributed by atoms with Gasteiger partial charge in [-0.25, -0.2) is 13.2 Å². The summed E-state index contributed by atoms with van der Waals surface area (Å²) in [6, 6.07) is 6.88. The van der Waals surface area contributed by atoms with Crippen molar-refractivity contribution in [2.24, 2.45) is 0 Å². The molecule has 2 atom stereocenters. The van der Waals surface area contributed by atoms with Crippen LogP contribution in [0.5, 0.6) is 0 Å². The first kappa shape index (κ1) is 22.2. The van der Waals surface area contributed by atoms with Gasteiger partial charge in [-0.05, 0) is 12.5 Å². The van der Waals surface area contributed by atoms with Gasteiger partial charge in [-0.15, -0.1) is 0 Å². The molecule has 0 fully saturated rings. The third-order valence-electron chi connectivity index (χ3n) is 3.22. The average molecular weight is 398 g/mol. The van der Waals surface area contributed by atoms with Gasteiger partial charge in [-0.2, -0.15) is 0 Å². The highest BCUT2D eigenvalue weighted by Crippen LogP contribution is 2.02. The van der Waals surface area contributed by atoms with Crippen molar-refractivity contribution in [3.8, 4) is 0 Å². The lowest BCUT2D eigenvalue weighted by Crippen LogP contribution is -2.48. The predicted octanol–water partition coefficient (Wildman–Crippen LogP) is 0.819. The minimum Gasteiger partial charge on any atom is -0.481 e. The lowest BCUT2D eigenvalue weighted by Gasteiger charge is -2.18. The van der Waals surface area contributed by atoms with Crippen LogP contribution in [-0.2, 0) is 30.8 Å². The first-order chi connectivity index (χ1) is 12.6. The van der Waals surface area contributed by atoms with Crippen molar-refractivity contribution in [3.05, 3.63) is 47.4 Å². The second-order valence-corrected chi connectivity index (χ2v) is 7.73. The highest BCUT2D eigenvalue weighted by atomic mass is 32.2. The van der Waals surface area contributed by atoms with E-state index in [4.69, 9.17) is 9.84 Å². The summed E-state index contributed by atoms with van der Waals surface area (Å²) in [5, 5.41) is 14.4. The molecule has 27 heavy (non-hydrogen) atoms. The number of carbonyl (C=O) groups is 3. The number of hydrogen-bond acceptors (Lipinski definition) is 6. The molecule has 9 nitrogen and oxygen atoms in total. The Labute approximate surface area is 157 Å². The summed E-state index contributed by atoms with van der Waals surface area (Å²) in [5.74, 6) is -1.91. The summed E-state index contributed by atoms with van der Waals surface area (Å²) in [6.07, 6.45) is 0.684. The Morgan fingerprint density at radius 1 is 1.19 bits per heavy atom. The second-order valence-electron chi connectivity index (χ2n) is 5.80. The summed E-state index contributed by atoms with van der Waals surface area (Å²) in [5.41, 5.74) is 0.775. The zero-order chi connectivity index (χ0) is 20.4. The maximum absolute atomic E-state index is 12.1. The van der Waals surface area contributed by atoms with Crippen LogP contribution < -0.4 is 10.6 Å². The van der Waals surface area contributed by atoms with E-state index in [2.05, 4.69) is 10.6 Å². The second kappa shape index (κ2) is 10.3. The Balaban J connectivity index is 2.57. The van der Waals surface area contributed by atoms with Gasteiger partial charge in [0.1, 0.15) is 12.6 Å². The van der Waals surface area contributed by atoms with Crippen LogP contribution in [0.25, 0.3) is 0 Å². The van der Waals surface area contributed by atoms with E-state index in [1.54, 1.807) is 24.3 Å². The van der Waals surface area contributed by atoms with Crippen molar-refractivity contribution in [1.82, 2.24) is 10.6 Å². The standard InChI is InChI=1S/C17H22N2O7S/c1-12(18-17(23)26-11-13-6-4-3-5-7-13)16(22)19-14(10-15(20)21)8-9-27(2,24)25/h3-9,12,14H,10-11H2,1-2H3,(H,18,23)(H,19,22)(H,20,21)/b9-8+/t12-,14+/m0/s1. The SMILES string of the molecule is C[C@H](NC(=O)OCc1ccccc1)C(=O)N[C@H](/C=C/S(C)(=O)=O)CC(=O)O. The van der Waals surface area contributed by atoms with Crippen LogP contribution >= 0.6 is 0 Å². The zero-order valence-corrected chi connectivity index (χ0v) is 15.7. The number of nitrogens with one attached hydrogen (secondary N) is 2. The highest BCUT2D eigenvalue weighted by molar-refractivity contribution is 7.93. The molecule has 2 amide bonds. The number of sulfone groups is 1. The van der Waals surface area contributed by atoms with Crippen LogP contribution in [0.3, 0.4) is 0 Å². The van der Waals surface area contributed by atoms with Gasteiger partial charge in [0, 0.05) is 11.7 Å². The van der Waals surface area contributed by atoms with Gasteiger partial charge in [0.2, 0.25) is 5.91 Å². The third-order valence-corrected chi connectivity index (χ3v) is 3.87. The molecule has 0 heterocycles. The van der Waals surface area contributed by atoms with Crippen LogP contribution in [0.4, 0.5) is 4.79 Å². The number of amides is 2. The van der Waals surface area contributed by atoms with Crippen molar-refractivity contribution < 1.29 is 32.6 Å². The third kappa shape index (κ3) is 10.00. The fourth-order valence-corrected chi connectivity index (χ4v) is 2.38. The minimum absolute atomic E-state index is 0.0275. The fraction of sp³-hybridized carbons (Fsp3) is 0.353. The van der Waals surface area contributed by atoms with E-state index in [0.717, 1.165) is 23.3 Å². The van der Waals surface area contributed by atoms with Gasteiger partial charge in [-0.1, -0.05) is 36.4 Å². The van der Waals surface area contributed by atoms with Crippen molar-refractivity contribution in [1.29, 1.82) is 0 Å². The lowest BCUT2D eigenvalue weighted by molar-refractivity contribution is -0.137. The highest BCUT2D eigenvalue weighted by Gasteiger charge is 2.20. The Hall–Kier alpha value is -2.88. The predicted molar refractivity (Wildman–Crippen MR) is 97.4 cm³/mol. The van der Waals surface area contributed by atoms with Crippen LogP contribution in [0.15, 0.2) is 41.8 Å². The fourth-order valence-electron chi connectivity index (χ4n) is 1.91. The molecule has 1 aromatic carbocycles. The Morgan fingerprint density at radius 2 is 1.81 bits per heavy atom. The summed E-state index contributed by atoms with van der Waals surface area (Å²) in [7, 11) is -3.48. The van der Waals surface area contributed by atoms with Crippen molar-refractivity contribution >= 4 is 27.8 Å². The molecule has 1 aromatic rings. The molecule has 0 radical (unpaired) electrons. The minimum atomic E-state index is -3.48. The Kier molecular flexibility index (Phi) is 8.46. The number of benzene rings is 1. The summed E-state index contributed by atoms with van der Waals surface area (Å²) in [4.78, 5) is 34.7. The van der Waals surface area contributed by atoms with Crippen LogP contribution in [0, 0.1) is 0 Å². The summed E-state index contributed by atoms with van der Waals surface area (Å²) in [6.45, 7) is 1.41. The number of ether oxygens (including phenoxy) is 1. The quantitative estimate of drug-likeness (QED) is 0.559. The molecule has 0 aliphatic heterocycles. The molecule has 0 saturated carbocycles. The van der Waals surface area contributed by atoms with Gasteiger partial charge in [0.05, 0.1) is 12.5 Å². The van der Waals surface area contributed by atoms with Gasteiger partial charge < -0.3 is 20.5 Å². The van der Waals surface area contributed by atoms with Crippen LogP contribution in [0.1, 0.15) is 18.9 Å². The number of rotatable bonds is 9. The van der Waals surface area contributed by atoms with E-state index in [1.807, 2.05) is 6.07 Å². The molecule has 0 unspecified atom stereocenters. The first-order valence-corrected chi connectivity index (χ1v) is 9.90. The molecular weight excluding hydrogens is 376 g/mol. The molecule has 0 saturated heterocycles. The summed E-state index contributed by atoms with van der Waals surface area (Å²) < 4.78 is 27.3. The van der Waals surface area contributed by atoms with E-state index in [-0.39, 0.29) is 6.61 Å². The molecular formula is C17H22N2O7S. The smallest absolute Gasteiger partial charge is 0.408 e. The number of carbonyl (C=O) groups excluding carboxylic acids is 2. The molecule has 10 heteroatoms. The van der Waals surface area contributed by atoms with Crippen molar-refractivity contribution in [3.63, 3.8) is 0 Å². The molecule has 148 valence electrons. The summed E-state index contributed by atoms with van der Waals surface area (Å²) >= 11 is 0. The largest absolute Gasteiger partial charge is 0.481 e. The molecule has 0 aromatic heterocycles. The Bertz CT molecular complexity index is 791. The van der Waals surface area contributed by atoms with E-state index < -0.39 is 46.3 Å². The number of aliphatic carboxylic acids is 1. The number of carboxylic acids is 1.